The van der Waals surface area contributed by atoms with E-state index < -0.39 is 5.60 Å². The fourth-order valence-corrected chi connectivity index (χ4v) is 2.21. The summed E-state index contributed by atoms with van der Waals surface area (Å²) in [7, 11) is 0. The Labute approximate surface area is 109 Å². The molecule has 0 amide bonds. The van der Waals surface area contributed by atoms with Crippen molar-refractivity contribution in [2.45, 2.75) is 32.3 Å². The normalized spacial score (nSPS) is 14.2. The first kappa shape index (κ1) is 12.8. The van der Waals surface area contributed by atoms with Crippen molar-refractivity contribution in [3.05, 3.63) is 71.3 Å². The van der Waals surface area contributed by atoms with Crippen LogP contribution in [0.25, 0.3) is 0 Å². The fourth-order valence-electron chi connectivity index (χ4n) is 2.21. The van der Waals surface area contributed by atoms with E-state index in [1.54, 1.807) is 0 Å². The molecule has 0 saturated carbocycles. The smallest absolute Gasteiger partial charge is 0.112 e. The van der Waals surface area contributed by atoms with Crippen LogP contribution in [-0.2, 0) is 12.0 Å². The topological polar surface area (TPSA) is 20.2 Å². The first-order valence-electron chi connectivity index (χ1n) is 6.52. The lowest BCUT2D eigenvalue weighted by atomic mass is 9.87. The molecular weight excluding hydrogens is 220 g/mol. The minimum Gasteiger partial charge on any atom is -0.381 e. The van der Waals surface area contributed by atoms with Crippen molar-refractivity contribution in [3.8, 4) is 0 Å². The second kappa shape index (κ2) is 5.36. The Balaban J connectivity index is 2.30. The molecule has 0 saturated heterocycles. The molecule has 0 radical (unpaired) electrons. The Morgan fingerprint density at radius 1 is 0.889 bits per heavy atom. The molecule has 0 aliphatic carbocycles. The molecule has 2 aromatic carbocycles. The summed E-state index contributed by atoms with van der Waals surface area (Å²) in [5.41, 5.74) is 2.26. The van der Waals surface area contributed by atoms with E-state index in [-0.39, 0.29) is 0 Å². The van der Waals surface area contributed by atoms with Gasteiger partial charge in [-0.05, 0) is 30.0 Å². The van der Waals surface area contributed by atoms with Crippen molar-refractivity contribution in [2.24, 2.45) is 0 Å². The van der Waals surface area contributed by atoms with E-state index in [1.807, 2.05) is 49.4 Å². The standard InChI is InChI=1S/C17H20O/c1-3-7-14-10-12-16(13-11-14)17(2,18)15-8-5-4-6-9-15/h4-6,8-13,18H,3,7H2,1-2H3. The van der Waals surface area contributed by atoms with Crippen LogP contribution in [0.15, 0.2) is 54.6 Å². The highest BCUT2D eigenvalue weighted by molar-refractivity contribution is 5.36. The van der Waals surface area contributed by atoms with Crippen LogP contribution in [0.3, 0.4) is 0 Å². The van der Waals surface area contributed by atoms with Crippen molar-refractivity contribution in [2.75, 3.05) is 0 Å². The van der Waals surface area contributed by atoms with Gasteiger partial charge in [0.25, 0.3) is 0 Å². The zero-order valence-electron chi connectivity index (χ0n) is 11.1. The molecule has 1 atom stereocenters. The summed E-state index contributed by atoms with van der Waals surface area (Å²) in [5.74, 6) is 0. The average Bonchev–Trinajstić information content (AvgIpc) is 2.41. The molecule has 0 spiro atoms. The minimum absolute atomic E-state index is 0.924. The van der Waals surface area contributed by atoms with E-state index in [9.17, 15) is 5.11 Å². The van der Waals surface area contributed by atoms with Gasteiger partial charge in [0.1, 0.15) is 5.60 Å². The SMILES string of the molecule is CCCc1ccc(C(C)(O)c2ccccc2)cc1. The summed E-state index contributed by atoms with van der Waals surface area (Å²) in [6.45, 7) is 4.02. The van der Waals surface area contributed by atoms with Crippen molar-refractivity contribution >= 4 is 0 Å². The highest BCUT2D eigenvalue weighted by Crippen LogP contribution is 2.29. The lowest BCUT2D eigenvalue weighted by Gasteiger charge is -2.24. The Morgan fingerprint density at radius 3 is 2.00 bits per heavy atom. The van der Waals surface area contributed by atoms with E-state index in [0.29, 0.717) is 0 Å². The summed E-state index contributed by atoms with van der Waals surface area (Å²) in [5, 5.41) is 10.7. The van der Waals surface area contributed by atoms with E-state index in [0.717, 1.165) is 24.0 Å². The second-order valence-corrected chi connectivity index (χ2v) is 4.89. The van der Waals surface area contributed by atoms with Gasteiger partial charge in [-0.15, -0.1) is 0 Å². The summed E-state index contributed by atoms with van der Waals surface area (Å²) in [4.78, 5) is 0. The predicted octanol–water partition coefficient (Wildman–Crippen LogP) is 3.89. The molecule has 2 aromatic rings. The molecule has 0 aliphatic rings. The van der Waals surface area contributed by atoms with Gasteiger partial charge >= 0.3 is 0 Å². The van der Waals surface area contributed by atoms with Gasteiger partial charge in [-0.1, -0.05) is 67.9 Å². The first-order chi connectivity index (χ1) is 8.64. The third kappa shape index (κ3) is 2.62. The lowest BCUT2D eigenvalue weighted by Crippen LogP contribution is -2.22. The minimum atomic E-state index is -0.925. The van der Waals surface area contributed by atoms with Crippen LogP contribution in [0.2, 0.25) is 0 Å². The van der Waals surface area contributed by atoms with Crippen molar-refractivity contribution < 1.29 is 5.11 Å². The second-order valence-electron chi connectivity index (χ2n) is 4.89. The number of benzene rings is 2. The lowest BCUT2D eigenvalue weighted by molar-refractivity contribution is 0.102. The van der Waals surface area contributed by atoms with Gasteiger partial charge < -0.3 is 5.11 Å². The van der Waals surface area contributed by atoms with E-state index in [2.05, 4.69) is 19.1 Å². The summed E-state index contributed by atoms with van der Waals surface area (Å²) >= 11 is 0. The summed E-state index contributed by atoms with van der Waals surface area (Å²) in [6, 6.07) is 18.1. The highest BCUT2D eigenvalue weighted by atomic mass is 16.3. The first-order valence-corrected chi connectivity index (χ1v) is 6.52. The van der Waals surface area contributed by atoms with Gasteiger partial charge in [0.15, 0.2) is 0 Å². The van der Waals surface area contributed by atoms with Gasteiger partial charge in [0, 0.05) is 0 Å². The van der Waals surface area contributed by atoms with Crippen molar-refractivity contribution in [1.82, 2.24) is 0 Å². The van der Waals surface area contributed by atoms with Gasteiger partial charge in [0.2, 0.25) is 0 Å². The van der Waals surface area contributed by atoms with Crippen LogP contribution in [0.4, 0.5) is 0 Å². The zero-order chi connectivity index (χ0) is 13.0. The number of hydrogen-bond acceptors (Lipinski definition) is 1. The molecule has 0 heterocycles. The van der Waals surface area contributed by atoms with Crippen LogP contribution in [-0.4, -0.2) is 5.11 Å². The molecular formula is C17H20O. The molecule has 0 bridgehead atoms. The van der Waals surface area contributed by atoms with E-state index in [1.165, 1.54) is 5.56 Å². The predicted molar refractivity (Wildman–Crippen MR) is 75.6 cm³/mol. The molecule has 0 aliphatic heterocycles. The number of hydrogen-bond donors (Lipinski definition) is 1. The monoisotopic (exact) mass is 240 g/mol. The Bertz CT molecular complexity index is 483. The van der Waals surface area contributed by atoms with Crippen LogP contribution in [0.5, 0.6) is 0 Å². The van der Waals surface area contributed by atoms with Gasteiger partial charge in [0.05, 0.1) is 0 Å². The molecule has 1 heteroatoms. The van der Waals surface area contributed by atoms with Gasteiger partial charge in [-0.3, -0.25) is 0 Å². The van der Waals surface area contributed by atoms with Crippen LogP contribution in [0.1, 0.15) is 37.0 Å². The van der Waals surface area contributed by atoms with E-state index >= 15 is 0 Å². The average molecular weight is 240 g/mol. The fraction of sp³-hybridized carbons (Fsp3) is 0.294. The number of rotatable bonds is 4. The van der Waals surface area contributed by atoms with Crippen LogP contribution >= 0.6 is 0 Å². The maximum Gasteiger partial charge on any atom is 0.112 e. The number of aryl methyl sites for hydroxylation is 1. The van der Waals surface area contributed by atoms with Crippen molar-refractivity contribution in [1.29, 1.82) is 0 Å². The molecule has 1 N–H and O–H groups in total. The third-order valence-electron chi connectivity index (χ3n) is 3.39. The maximum absolute atomic E-state index is 10.7. The van der Waals surface area contributed by atoms with Crippen molar-refractivity contribution in [3.63, 3.8) is 0 Å². The molecule has 0 fully saturated rings. The number of aliphatic hydroxyl groups is 1. The largest absolute Gasteiger partial charge is 0.381 e. The summed E-state index contributed by atoms with van der Waals surface area (Å²) in [6.07, 6.45) is 2.24. The Kier molecular flexibility index (Phi) is 3.83. The molecule has 2 rings (SSSR count). The molecule has 1 nitrogen and oxygen atoms in total. The van der Waals surface area contributed by atoms with Crippen LogP contribution < -0.4 is 0 Å². The van der Waals surface area contributed by atoms with Crippen LogP contribution in [0, 0.1) is 0 Å². The van der Waals surface area contributed by atoms with Gasteiger partial charge in [-0.2, -0.15) is 0 Å². The summed E-state index contributed by atoms with van der Waals surface area (Å²) < 4.78 is 0. The molecule has 1 unspecified atom stereocenters. The molecule has 18 heavy (non-hydrogen) atoms. The highest BCUT2D eigenvalue weighted by Gasteiger charge is 2.24. The maximum atomic E-state index is 10.7. The van der Waals surface area contributed by atoms with Gasteiger partial charge in [-0.25, -0.2) is 0 Å². The Hall–Kier alpha value is -1.60. The molecule has 0 aromatic heterocycles. The Morgan fingerprint density at radius 2 is 1.44 bits per heavy atom. The third-order valence-corrected chi connectivity index (χ3v) is 3.39. The molecule has 94 valence electrons. The quantitative estimate of drug-likeness (QED) is 0.859. The zero-order valence-corrected chi connectivity index (χ0v) is 11.1. The van der Waals surface area contributed by atoms with E-state index in [4.69, 9.17) is 0 Å².